The van der Waals surface area contributed by atoms with E-state index in [1.54, 1.807) is 55.4 Å². The molecule has 0 bridgehead atoms. The number of rotatable bonds is 7. The number of ether oxygens (including phenoxy) is 3. The average molecular weight is 421 g/mol. The highest BCUT2D eigenvalue weighted by Gasteiger charge is 2.15. The van der Waals surface area contributed by atoms with Crippen LogP contribution in [-0.4, -0.2) is 40.6 Å². The van der Waals surface area contributed by atoms with Gasteiger partial charge >= 0.3 is 0 Å². The Bertz CT molecular complexity index is 1260. The van der Waals surface area contributed by atoms with E-state index in [-0.39, 0.29) is 12.1 Å². The van der Waals surface area contributed by atoms with Crippen molar-refractivity contribution >= 4 is 5.52 Å². The van der Waals surface area contributed by atoms with Crippen molar-refractivity contribution < 1.29 is 19.3 Å². The number of fused-ring (bicyclic) bond motifs is 1. The summed E-state index contributed by atoms with van der Waals surface area (Å²) in [6.07, 6.45) is 2.42. The van der Waals surface area contributed by atoms with Gasteiger partial charge in [-0.3, -0.25) is 4.79 Å². The molecule has 2 aromatic carbocycles. The second-order valence-corrected chi connectivity index (χ2v) is 6.97. The number of hydrogen-bond acceptors (Lipinski definition) is 6. The van der Waals surface area contributed by atoms with E-state index in [9.17, 15) is 9.90 Å². The topological polar surface area (TPSA) is 87.2 Å². The normalized spacial score (nSPS) is 12.0. The smallest absolute Gasteiger partial charge is 0.276 e. The minimum absolute atomic E-state index is 0.0911. The minimum atomic E-state index is -0.899. The van der Waals surface area contributed by atoms with Gasteiger partial charge < -0.3 is 23.9 Å². The van der Waals surface area contributed by atoms with E-state index in [2.05, 4.69) is 5.10 Å². The quantitative estimate of drug-likeness (QED) is 0.494. The zero-order chi connectivity index (χ0) is 22.0. The molecular weight excluding hydrogens is 398 g/mol. The number of aromatic nitrogens is 3. The minimum Gasteiger partial charge on any atom is -0.497 e. The molecule has 0 amide bonds. The van der Waals surface area contributed by atoms with Crippen LogP contribution >= 0.6 is 0 Å². The molecule has 0 radical (unpaired) electrons. The summed E-state index contributed by atoms with van der Waals surface area (Å²) in [7, 11) is 4.69. The first-order valence-corrected chi connectivity index (χ1v) is 9.67. The fourth-order valence-corrected chi connectivity index (χ4v) is 3.42. The molecule has 8 nitrogen and oxygen atoms in total. The van der Waals surface area contributed by atoms with Gasteiger partial charge in [0.2, 0.25) is 0 Å². The summed E-state index contributed by atoms with van der Waals surface area (Å²) < 4.78 is 18.7. The lowest BCUT2D eigenvalue weighted by Crippen LogP contribution is -2.24. The van der Waals surface area contributed by atoms with Gasteiger partial charge in [-0.25, -0.2) is 4.52 Å². The van der Waals surface area contributed by atoms with E-state index in [0.29, 0.717) is 28.3 Å². The lowest BCUT2D eigenvalue weighted by molar-refractivity contribution is 0.154. The first kappa shape index (κ1) is 20.5. The van der Waals surface area contributed by atoms with Gasteiger partial charge in [0.15, 0.2) is 11.5 Å². The van der Waals surface area contributed by atoms with Crippen LogP contribution in [0.3, 0.4) is 0 Å². The molecule has 0 aliphatic heterocycles. The number of benzene rings is 2. The van der Waals surface area contributed by atoms with Gasteiger partial charge in [-0.15, -0.1) is 0 Å². The Balaban J connectivity index is 1.62. The Hall–Kier alpha value is -3.78. The summed E-state index contributed by atoms with van der Waals surface area (Å²) >= 11 is 0. The molecule has 0 saturated heterocycles. The van der Waals surface area contributed by atoms with Crippen LogP contribution in [0.4, 0.5) is 0 Å². The Labute approximate surface area is 178 Å². The van der Waals surface area contributed by atoms with Gasteiger partial charge in [0.1, 0.15) is 11.3 Å². The third kappa shape index (κ3) is 3.97. The lowest BCUT2D eigenvalue weighted by Gasteiger charge is -2.15. The SMILES string of the molecule is COc1ccc(-c2cc3c(=O)n(CC(O)c4ccc(OC)c(OC)c4)ccn3n2)cc1. The second-order valence-electron chi connectivity index (χ2n) is 6.97. The van der Waals surface area contributed by atoms with Crippen LogP contribution in [0.2, 0.25) is 0 Å². The molecule has 8 heteroatoms. The molecule has 2 aromatic heterocycles. The highest BCUT2D eigenvalue weighted by molar-refractivity contribution is 5.66. The van der Waals surface area contributed by atoms with Crippen molar-refractivity contribution in [2.24, 2.45) is 0 Å². The standard InChI is InChI=1S/C23H23N3O5/c1-29-17-7-4-15(5-8-17)18-13-19-23(28)25(10-11-26(19)24-18)14-20(27)16-6-9-21(30-2)22(12-16)31-3/h4-13,20,27H,14H2,1-3H3. The molecule has 1 N–H and O–H groups in total. The van der Waals surface area contributed by atoms with Crippen LogP contribution in [0, 0.1) is 0 Å². The van der Waals surface area contributed by atoms with E-state index < -0.39 is 6.10 Å². The summed E-state index contributed by atoms with van der Waals surface area (Å²) in [4.78, 5) is 13.0. The van der Waals surface area contributed by atoms with Crippen molar-refractivity contribution in [2.75, 3.05) is 21.3 Å². The summed E-state index contributed by atoms with van der Waals surface area (Å²) in [6, 6.07) is 14.4. The molecule has 0 aliphatic rings. The van der Waals surface area contributed by atoms with E-state index in [0.717, 1.165) is 11.3 Å². The third-order valence-corrected chi connectivity index (χ3v) is 5.15. The first-order valence-electron chi connectivity index (χ1n) is 9.67. The predicted octanol–water partition coefficient (Wildman–Crippen LogP) is 2.92. The van der Waals surface area contributed by atoms with Gasteiger partial charge in [0, 0.05) is 18.0 Å². The molecule has 31 heavy (non-hydrogen) atoms. The molecule has 4 aromatic rings. The molecule has 1 atom stereocenters. The maximum Gasteiger partial charge on any atom is 0.276 e. The molecule has 0 aliphatic carbocycles. The van der Waals surface area contributed by atoms with Crippen LogP contribution in [0.1, 0.15) is 11.7 Å². The monoisotopic (exact) mass is 421 g/mol. The fraction of sp³-hybridized carbons (Fsp3) is 0.217. The Morgan fingerprint density at radius 3 is 2.35 bits per heavy atom. The van der Waals surface area contributed by atoms with Crippen molar-refractivity contribution in [3.63, 3.8) is 0 Å². The van der Waals surface area contributed by atoms with Crippen LogP contribution in [0.5, 0.6) is 17.2 Å². The number of aliphatic hydroxyl groups excluding tert-OH is 1. The van der Waals surface area contributed by atoms with Gasteiger partial charge in [-0.1, -0.05) is 6.07 Å². The van der Waals surface area contributed by atoms with Gasteiger partial charge in [-0.05, 0) is 48.0 Å². The number of nitrogens with zero attached hydrogens (tertiary/aromatic N) is 3. The van der Waals surface area contributed by atoms with Crippen LogP contribution in [-0.2, 0) is 6.54 Å². The molecule has 160 valence electrons. The van der Waals surface area contributed by atoms with Gasteiger partial charge in [0.25, 0.3) is 5.56 Å². The zero-order valence-electron chi connectivity index (χ0n) is 17.5. The third-order valence-electron chi connectivity index (χ3n) is 5.15. The predicted molar refractivity (Wildman–Crippen MR) is 116 cm³/mol. The molecule has 2 heterocycles. The van der Waals surface area contributed by atoms with E-state index >= 15 is 0 Å². The summed E-state index contributed by atoms with van der Waals surface area (Å²) in [5.74, 6) is 1.84. The van der Waals surface area contributed by atoms with Crippen molar-refractivity contribution in [1.29, 1.82) is 0 Å². The Morgan fingerprint density at radius 2 is 1.68 bits per heavy atom. The van der Waals surface area contributed by atoms with Crippen molar-refractivity contribution in [3.8, 4) is 28.5 Å². The van der Waals surface area contributed by atoms with E-state index in [1.165, 1.54) is 11.7 Å². The zero-order valence-corrected chi connectivity index (χ0v) is 17.5. The fourth-order valence-electron chi connectivity index (χ4n) is 3.42. The molecule has 0 saturated carbocycles. The average Bonchev–Trinajstić information content (AvgIpc) is 3.25. The van der Waals surface area contributed by atoms with Crippen molar-refractivity contribution in [2.45, 2.75) is 12.6 Å². The largest absolute Gasteiger partial charge is 0.497 e. The van der Waals surface area contributed by atoms with Gasteiger partial charge in [-0.2, -0.15) is 5.10 Å². The summed E-state index contributed by atoms with van der Waals surface area (Å²) in [6.45, 7) is 0.0911. The maximum absolute atomic E-state index is 13.0. The number of aliphatic hydroxyl groups is 1. The highest BCUT2D eigenvalue weighted by atomic mass is 16.5. The Morgan fingerprint density at radius 1 is 0.935 bits per heavy atom. The molecule has 0 fully saturated rings. The van der Waals surface area contributed by atoms with Crippen LogP contribution in [0.25, 0.3) is 16.8 Å². The van der Waals surface area contributed by atoms with E-state index in [4.69, 9.17) is 14.2 Å². The molecule has 4 rings (SSSR count). The number of methoxy groups -OCH3 is 3. The second kappa shape index (κ2) is 8.53. The van der Waals surface area contributed by atoms with Crippen molar-refractivity contribution in [3.05, 3.63) is 76.8 Å². The maximum atomic E-state index is 13.0. The van der Waals surface area contributed by atoms with Crippen molar-refractivity contribution in [1.82, 2.24) is 14.2 Å². The molecule has 0 spiro atoms. The van der Waals surface area contributed by atoms with Crippen LogP contribution in [0.15, 0.2) is 65.7 Å². The van der Waals surface area contributed by atoms with Crippen LogP contribution < -0.4 is 19.8 Å². The summed E-state index contributed by atoms with van der Waals surface area (Å²) in [5, 5.41) is 15.2. The first-order chi connectivity index (χ1) is 15.0. The van der Waals surface area contributed by atoms with Gasteiger partial charge in [0.05, 0.1) is 39.7 Å². The lowest BCUT2D eigenvalue weighted by atomic mass is 10.1. The summed E-state index contributed by atoms with van der Waals surface area (Å²) in [5.41, 5.74) is 2.36. The molecule has 1 unspecified atom stereocenters. The number of hydrogen-bond donors (Lipinski definition) is 1. The Kier molecular flexibility index (Phi) is 5.64. The molecular formula is C23H23N3O5. The highest BCUT2D eigenvalue weighted by Crippen LogP contribution is 2.30. The van der Waals surface area contributed by atoms with E-state index in [1.807, 2.05) is 24.3 Å².